The Balaban J connectivity index is 1.77. The number of nitrogens with one attached hydrogen (secondary N) is 1. The summed E-state index contributed by atoms with van der Waals surface area (Å²) < 4.78 is 1.70. The van der Waals surface area contributed by atoms with Gasteiger partial charge in [-0.15, -0.1) is 22.7 Å². The largest absolute Gasteiger partial charge is 0.341 e. The van der Waals surface area contributed by atoms with Crippen LogP contribution in [0.4, 0.5) is 0 Å². The van der Waals surface area contributed by atoms with E-state index in [1.165, 1.54) is 17.7 Å². The molecule has 1 atom stereocenters. The number of hydrogen-bond donors (Lipinski definition) is 1. The third kappa shape index (κ3) is 3.70. The highest BCUT2D eigenvalue weighted by molar-refractivity contribution is 7.20. The number of thiazole rings is 1. The van der Waals surface area contributed by atoms with Crippen LogP contribution in [0.1, 0.15) is 42.6 Å². The lowest BCUT2D eigenvalue weighted by Crippen LogP contribution is -2.31. The van der Waals surface area contributed by atoms with Crippen molar-refractivity contribution in [2.75, 3.05) is 0 Å². The van der Waals surface area contributed by atoms with E-state index in [1.54, 1.807) is 21.4 Å². The van der Waals surface area contributed by atoms with Crippen molar-refractivity contribution in [2.45, 2.75) is 26.3 Å². The van der Waals surface area contributed by atoms with E-state index in [2.05, 4.69) is 34.2 Å². The van der Waals surface area contributed by atoms with Crippen molar-refractivity contribution in [3.05, 3.63) is 40.7 Å². The zero-order chi connectivity index (χ0) is 17.1. The molecule has 24 heavy (non-hydrogen) atoms. The number of thiophene rings is 1. The molecule has 0 bridgehead atoms. The van der Waals surface area contributed by atoms with E-state index in [0.29, 0.717) is 11.6 Å². The molecule has 0 fully saturated rings. The second-order valence-electron chi connectivity index (χ2n) is 5.91. The lowest BCUT2D eigenvalue weighted by atomic mass is 10.0. The van der Waals surface area contributed by atoms with E-state index in [4.69, 9.17) is 0 Å². The standard InChI is InChI=1S/C16H19N5OS2/c1-10(2)7-11(14-17-9-18-21(14)3)19-15(22)12-8-24-16(20-12)13-5-4-6-23-13/h4-6,8-11H,7H2,1-3H3,(H,19,22)/t11-/m0/s1. The summed E-state index contributed by atoms with van der Waals surface area (Å²) in [4.78, 5) is 22.4. The van der Waals surface area contributed by atoms with Gasteiger partial charge in [0.1, 0.15) is 22.9 Å². The molecule has 0 aliphatic heterocycles. The third-order valence-corrected chi connectivity index (χ3v) is 5.42. The molecule has 0 saturated heterocycles. The summed E-state index contributed by atoms with van der Waals surface area (Å²) in [6.07, 6.45) is 2.30. The lowest BCUT2D eigenvalue weighted by molar-refractivity contribution is 0.0924. The SMILES string of the molecule is CC(C)C[C@H](NC(=O)c1csc(-c2cccs2)n1)c1ncnn1C. The van der Waals surface area contributed by atoms with Crippen molar-refractivity contribution in [1.82, 2.24) is 25.1 Å². The maximum Gasteiger partial charge on any atom is 0.271 e. The van der Waals surface area contributed by atoms with Crippen molar-refractivity contribution in [2.24, 2.45) is 13.0 Å². The summed E-state index contributed by atoms with van der Waals surface area (Å²) in [6, 6.07) is 3.80. The summed E-state index contributed by atoms with van der Waals surface area (Å²) in [6.45, 7) is 4.24. The van der Waals surface area contributed by atoms with Crippen molar-refractivity contribution < 1.29 is 4.79 Å². The lowest BCUT2D eigenvalue weighted by Gasteiger charge is -2.19. The van der Waals surface area contributed by atoms with Crippen LogP contribution in [0.3, 0.4) is 0 Å². The van der Waals surface area contributed by atoms with Gasteiger partial charge < -0.3 is 5.32 Å². The van der Waals surface area contributed by atoms with E-state index in [1.807, 2.05) is 24.6 Å². The number of aryl methyl sites for hydroxylation is 1. The number of carbonyl (C=O) groups excluding carboxylic acids is 1. The van der Waals surface area contributed by atoms with Crippen molar-refractivity contribution >= 4 is 28.6 Å². The number of hydrogen-bond acceptors (Lipinski definition) is 6. The van der Waals surface area contributed by atoms with Gasteiger partial charge >= 0.3 is 0 Å². The van der Waals surface area contributed by atoms with Gasteiger partial charge in [0.05, 0.1) is 10.9 Å². The third-order valence-electron chi connectivity index (χ3n) is 3.54. The molecule has 3 heterocycles. The predicted octanol–water partition coefficient (Wildman–Crippen LogP) is 3.52. The van der Waals surface area contributed by atoms with Crippen molar-refractivity contribution in [3.8, 4) is 9.88 Å². The fraction of sp³-hybridized carbons (Fsp3) is 0.375. The Bertz CT molecular complexity index is 806. The second-order valence-corrected chi connectivity index (χ2v) is 7.72. The summed E-state index contributed by atoms with van der Waals surface area (Å²) in [7, 11) is 1.83. The Morgan fingerprint density at radius 2 is 2.21 bits per heavy atom. The first-order valence-corrected chi connectivity index (χ1v) is 9.44. The Morgan fingerprint density at radius 1 is 1.38 bits per heavy atom. The summed E-state index contributed by atoms with van der Waals surface area (Å²) in [5.74, 6) is 0.998. The number of aromatic nitrogens is 4. The smallest absolute Gasteiger partial charge is 0.271 e. The molecule has 1 N–H and O–H groups in total. The van der Waals surface area contributed by atoms with Crippen LogP contribution in [0, 0.1) is 5.92 Å². The molecule has 0 aliphatic rings. The molecule has 0 aliphatic carbocycles. The zero-order valence-corrected chi connectivity index (χ0v) is 15.4. The Labute approximate surface area is 148 Å². The van der Waals surface area contributed by atoms with E-state index < -0.39 is 0 Å². The average molecular weight is 361 g/mol. The molecule has 3 aromatic heterocycles. The minimum atomic E-state index is -0.183. The predicted molar refractivity (Wildman–Crippen MR) is 96.1 cm³/mol. The van der Waals surface area contributed by atoms with Gasteiger partial charge in [-0.2, -0.15) is 5.10 Å². The molecule has 0 saturated carbocycles. The van der Waals surface area contributed by atoms with Crippen LogP contribution >= 0.6 is 22.7 Å². The van der Waals surface area contributed by atoms with Crippen LogP contribution in [-0.2, 0) is 7.05 Å². The molecule has 0 radical (unpaired) electrons. The number of carbonyl (C=O) groups is 1. The molecule has 0 aromatic carbocycles. The van der Waals surface area contributed by atoms with Gasteiger partial charge in [0.2, 0.25) is 0 Å². The topological polar surface area (TPSA) is 72.7 Å². The van der Waals surface area contributed by atoms with Gasteiger partial charge in [-0.25, -0.2) is 9.97 Å². The number of nitrogens with zero attached hydrogens (tertiary/aromatic N) is 4. The molecule has 0 spiro atoms. The monoisotopic (exact) mass is 361 g/mol. The van der Waals surface area contributed by atoms with Gasteiger partial charge in [0, 0.05) is 12.4 Å². The summed E-state index contributed by atoms with van der Waals surface area (Å²) >= 11 is 3.10. The van der Waals surface area contributed by atoms with E-state index >= 15 is 0 Å². The first-order chi connectivity index (χ1) is 11.5. The molecular formula is C16H19N5OS2. The summed E-state index contributed by atoms with van der Waals surface area (Å²) in [5.41, 5.74) is 0.444. The van der Waals surface area contributed by atoms with Gasteiger partial charge in [0.25, 0.3) is 5.91 Å². The normalized spacial score (nSPS) is 12.5. The van der Waals surface area contributed by atoms with Crippen LogP contribution in [0.2, 0.25) is 0 Å². The molecule has 3 rings (SSSR count). The van der Waals surface area contributed by atoms with Gasteiger partial charge in [-0.05, 0) is 23.8 Å². The van der Waals surface area contributed by atoms with Crippen LogP contribution in [0.15, 0.2) is 29.2 Å². The fourth-order valence-electron chi connectivity index (χ4n) is 2.44. The minimum Gasteiger partial charge on any atom is -0.341 e. The van der Waals surface area contributed by atoms with Crippen LogP contribution < -0.4 is 5.32 Å². The molecular weight excluding hydrogens is 342 g/mol. The molecule has 0 unspecified atom stereocenters. The van der Waals surface area contributed by atoms with Crippen LogP contribution in [0.25, 0.3) is 9.88 Å². The van der Waals surface area contributed by atoms with Crippen molar-refractivity contribution in [3.63, 3.8) is 0 Å². The summed E-state index contributed by atoms with van der Waals surface area (Å²) in [5, 5.41) is 11.8. The minimum absolute atomic E-state index is 0.178. The first kappa shape index (κ1) is 16.8. The molecule has 1 amide bonds. The molecule has 3 aromatic rings. The Kier molecular flexibility index (Phi) is 5.06. The maximum atomic E-state index is 12.6. The van der Waals surface area contributed by atoms with E-state index in [-0.39, 0.29) is 11.9 Å². The molecule has 6 nitrogen and oxygen atoms in total. The molecule has 8 heteroatoms. The quantitative estimate of drug-likeness (QED) is 0.729. The highest BCUT2D eigenvalue weighted by Gasteiger charge is 2.22. The first-order valence-electron chi connectivity index (χ1n) is 7.68. The zero-order valence-electron chi connectivity index (χ0n) is 13.8. The average Bonchev–Trinajstić information content (AvgIpc) is 3.27. The van der Waals surface area contributed by atoms with Crippen molar-refractivity contribution in [1.29, 1.82) is 0 Å². The van der Waals surface area contributed by atoms with Gasteiger partial charge in [-0.3, -0.25) is 9.48 Å². The number of rotatable bonds is 6. The maximum absolute atomic E-state index is 12.6. The Hall–Kier alpha value is -2.06. The van der Waals surface area contributed by atoms with E-state index in [0.717, 1.165) is 22.1 Å². The van der Waals surface area contributed by atoms with Crippen LogP contribution in [-0.4, -0.2) is 25.7 Å². The second kappa shape index (κ2) is 7.23. The fourth-order valence-corrected chi connectivity index (χ4v) is 4.06. The van der Waals surface area contributed by atoms with Crippen LogP contribution in [0.5, 0.6) is 0 Å². The highest BCUT2D eigenvalue weighted by atomic mass is 32.1. The highest BCUT2D eigenvalue weighted by Crippen LogP contribution is 2.28. The Morgan fingerprint density at radius 3 is 2.83 bits per heavy atom. The van der Waals surface area contributed by atoms with Gasteiger partial charge in [-0.1, -0.05) is 19.9 Å². The number of amides is 1. The van der Waals surface area contributed by atoms with Gasteiger partial charge in [0.15, 0.2) is 0 Å². The molecule has 126 valence electrons. The van der Waals surface area contributed by atoms with E-state index in [9.17, 15) is 4.79 Å².